The molecule has 13 heteroatoms. The number of carbonyl (C=O) groups is 2. The normalized spacial score (nSPS) is 13.2. The molecule has 0 aromatic heterocycles. The minimum atomic E-state index is -0.589. The molecule has 0 aliphatic carbocycles. The van der Waals surface area contributed by atoms with Gasteiger partial charge in [0.15, 0.2) is 0 Å². The zero-order valence-electron chi connectivity index (χ0n) is 24.9. The zero-order valence-corrected chi connectivity index (χ0v) is 24.9. The Morgan fingerprint density at radius 3 is 1.15 bits per heavy atom. The van der Waals surface area contributed by atoms with Crippen molar-refractivity contribution in [3.8, 4) is 0 Å². The number of carbonyl (C=O) groups excluding carboxylic acids is 2. The third-order valence-electron chi connectivity index (χ3n) is 6.90. The number of aliphatic imine (C=N–C) groups is 3. The third kappa shape index (κ3) is 18.0. The van der Waals surface area contributed by atoms with Crippen molar-refractivity contribution < 1.29 is 23.7 Å². The van der Waals surface area contributed by atoms with E-state index in [1.807, 2.05) is 0 Å². The summed E-state index contributed by atoms with van der Waals surface area (Å²) < 4.78 is 31.7. The maximum absolute atomic E-state index is 13.2. The van der Waals surface area contributed by atoms with E-state index in [2.05, 4.69) is 46.4 Å². The topological polar surface area (TPSA) is 146 Å². The maximum atomic E-state index is 13.2. The number of nitrogens with zero attached hydrogens (tertiary/aromatic N) is 3. The van der Waals surface area contributed by atoms with Crippen LogP contribution in [0.25, 0.3) is 0 Å². The van der Waals surface area contributed by atoms with Gasteiger partial charge >= 0.3 is 177 Å². The predicted molar refractivity (Wildman–Crippen MR) is 163 cm³/mol. The number of hydrogen-bond acceptors (Lipinski definition) is 8. The van der Waals surface area contributed by atoms with Crippen LogP contribution < -0.4 is 10.6 Å². The predicted octanol–water partition coefficient (Wildman–Crippen LogP) is 3.45. The molecule has 0 spiro atoms. The quantitative estimate of drug-likeness (QED) is 0.0954. The molecule has 0 saturated carbocycles. The van der Waals surface area contributed by atoms with Crippen molar-refractivity contribution in [2.75, 3.05) is 19.6 Å². The minimum absolute atomic E-state index is 0.0733. The van der Waals surface area contributed by atoms with Crippen LogP contribution in [0.2, 0.25) is 0 Å². The van der Waals surface area contributed by atoms with Crippen LogP contribution >= 0.6 is 0 Å². The van der Waals surface area contributed by atoms with E-state index < -0.39 is 5.54 Å². The van der Waals surface area contributed by atoms with Crippen LogP contribution in [0.5, 0.6) is 0 Å². The number of hydrogen-bond donors (Lipinski definition) is 2. The first-order chi connectivity index (χ1) is 19.4. The first-order valence-electron chi connectivity index (χ1n) is 14.8. The fourth-order valence-electron chi connectivity index (χ4n) is 5.38. The van der Waals surface area contributed by atoms with Gasteiger partial charge in [-0.05, 0) is 19.3 Å². The Bertz CT molecular complexity index is 763. The number of rotatable bonds is 26. The van der Waals surface area contributed by atoms with Crippen molar-refractivity contribution in [2.24, 2.45) is 15.0 Å². The second-order valence-electron chi connectivity index (χ2n) is 10.3. The molecule has 0 aromatic rings. The van der Waals surface area contributed by atoms with Crippen LogP contribution in [-0.4, -0.2) is 82.3 Å². The Kier molecular flexibility index (Phi) is 22.9. The summed E-state index contributed by atoms with van der Waals surface area (Å²) in [5, 5.41) is 6.47. The average molecular weight is 555 g/mol. The van der Waals surface area contributed by atoms with E-state index in [9.17, 15) is 23.7 Å². The standard InChI is InChI=1S/C27H48B3N5O5/c1-4-12-26(13-5-2,14-6-3)34-24(36)10-11-25(37)35-27(15-7-18-31-21-28-38,16-8-19-32-22-29-39)17-9-20-33-23-30-40/h21-23H,4-20H2,1-3H3,(H,34,36)(H,35,37). The van der Waals surface area contributed by atoms with Crippen LogP contribution in [-0.2, 0) is 23.7 Å². The van der Waals surface area contributed by atoms with Crippen molar-refractivity contribution in [3.05, 3.63) is 0 Å². The zero-order chi connectivity index (χ0) is 30.0. The molecular weight excluding hydrogens is 507 g/mol. The first-order valence-corrected chi connectivity index (χ1v) is 14.8. The van der Waals surface area contributed by atoms with Crippen molar-refractivity contribution in [3.63, 3.8) is 0 Å². The summed E-state index contributed by atoms with van der Waals surface area (Å²) in [6.07, 6.45) is 13.3. The summed E-state index contributed by atoms with van der Waals surface area (Å²) in [7, 11) is 1.89. The molecule has 0 heterocycles. The molecule has 0 bridgehead atoms. The third-order valence-corrected chi connectivity index (χ3v) is 6.90. The van der Waals surface area contributed by atoms with Gasteiger partial charge in [-0.3, -0.25) is 0 Å². The summed E-state index contributed by atoms with van der Waals surface area (Å²) in [6.45, 7) is 7.70. The van der Waals surface area contributed by atoms with Gasteiger partial charge in [-0.2, -0.15) is 0 Å². The van der Waals surface area contributed by atoms with Gasteiger partial charge in [0, 0.05) is 5.54 Å². The molecule has 0 aliphatic rings. The van der Waals surface area contributed by atoms with Crippen LogP contribution in [0.1, 0.15) is 111 Å². The molecule has 0 atom stereocenters. The Hall–Kier alpha value is -2.46. The van der Waals surface area contributed by atoms with Gasteiger partial charge < -0.3 is 0 Å². The molecule has 220 valence electrons. The second kappa shape index (κ2) is 24.4. The van der Waals surface area contributed by atoms with Crippen LogP contribution in [0, 0.1) is 0 Å². The van der Waals surface area contributed by atoms with Crippen molar-refractivity contribution in [2.45, 2.75) is 122 Å². The van der Waals surface area contributed by atoms with E-state index in [1.54, 1.807) is 0 Å². The van der Waals surface area contributed by atoms with E-state index in [4.69, 9.17) is 0 Å². The fraction of sp³-hybridized carbons (Fsp3) is 0.815. The molecule has 10 nitrogen and oxygen atoms in total. The molecule has 0 fully saturated rings. The van der Waals surface area contributed by atoms with E-state index >= 15 is 0 Å². The molecule has 0 aliphatic heterocycles. The average Bonchev–Trinajstić information content (AvgIpc) is 2.92. The van der Waals surface area contributed by atoms with Crippen molar-refractivity contribution in [1.82, 2.24) is 10.6 Å². The summed E-state index contributed by atoms with van der Waals surface area (Å²) in [5.41, 5.74) is -0.810. The first kappa shape index (κ1) is 37.5. The molecule has 0 radical (unpaired) electrons. The molecular formula is C27H48B3N5O5. The molecule has 2 amide bonds. The van der Waals surface area contributed by atoms with Crippen LogP contribution in [0.3, 0.4) is 0 Å². The molecule has 0 unspecified atom stereocenters. The van der Waals surface area contributed by atoms with Gasteiger partial charge in [0.25, 0.3) is 0 Å². The molecule has 0 rings (SSSR count). The van der Waals surface area contributed by atoms with Crippen molar-refractivity contribution in [1.29, 1.82) is 0 Å². The Balaban J connectivity index is 5.55. The van der Waals surface area contributed by atoms with Gasteiger partial charge in [0.05, 0.1) is 0 Å². The Morgan fingerprint density at radius 1 is 0.575 bits per heavy atom. The molecule has 0 saturated heterocycles. The monoisotopic (exact) mass is 555 g/mol. The van der Waals surface area contributed by atoms with Crippen LogP contribution in [0.15, 0.2) is 15.0 Å². The molecule has 0 aromatic carbocycles. The van der Waals surface area contributed by atoms with Gasteiger partial charge in [0.2, 0.25) is 0 Å². The summed E-state index contributed by atoms with van der Waals surface area (Å²) in [5.74, 6) is -0.308. The van der Waals surface area contributed by atoms with Gasteiger partial charge in [-0.25, -0.2) is 0 Å². The summed E-state index contributed by atoms with van der Waals surface area (Å²) in [6, 6.07) is 0. The van der Waals surface area contributed by atoms with Gasteiger partial charge in [-0.15, -0.1) is 0 Å². The molecule has 2 N–H and O–H groups in total. The second-order valence-corrected chi connectivity index (χ2v) is 10.3. The van der Waals surface area contributed by atoms with Gasteiger partial charge in [0.1, 0.15) is 0 Å². The van der Waals surface area contributed by atoms with E-state index in [1.165, 1.54) is 18.3 Å². The van der Waals surface area contributed by atoms with Gasteiger partial charge in [-0.1, -0.05) is 40.0 Å². The van der Waals surface area contributed by atoms with E-state index in [-0.39, 0.29) is 30.2 Å². The summed E-state index contributed by atoms with van der Waals surface area (Å²) >= 11 is 0. The Morgan fingerprint density at radius 2 is 0.875 bits per heavy atom. The van der Waals surface area contributed by atoms with E-state index in [0.29, 0.717) is 79.6 Å². The number of amides is 2. The fourth-order valence-corrected chi connectivity index (χ4v) is 5.38. The Labute approximate surface area is 242 Å². The van der Waals surface area contributed by atoms with E-state index in [0.717, 1.165) is 38.5 Å². The van der Waals surface area contributed by atoms with Crippen LogP contribution in [0.4, 0.5) is 0 Å². The molecule has 40 heavy (non-hydrogen) atoms. The number of nitrogens with one attached hydrogen (secondary N) is 2. The van der Waals surface area contributed by atoms with Crippen molar-refractivity contribution >= 4 is 51.6 Å². The summed E-state index contributed by atoms with van der Waals surface area (Å²) in [4.78, 5) is 38.3. The SMILES string of the molecule is CCCC(CCC)(CCC)NC(=O)CCC(=O)NC(CCCN=CB=O)(CCCN=CB=O)CCCN=CB=O.